The molecule has 5 heterocycles. The van der Waals surface area contributed by atoms with Gasteiger partial charge >= 0.3 is 0 Å². The minimum Gasteiger partial charge on any atom is -0.492 e. The highest BCUT2D eigenvalue weighted by Gasteiger charge is 2.38. The average molecular weight is 590 g/mol. The van der Waals surface area contributed by atoms with Gasteiger partial charge in [-0.2, -0.15) is 0 Å². The number of sulfonamides is 1. The highest BCUT2D eigenvalue weighted by molar-refractivity contribution is 7.89. The molecule has 4 aliphatic heterocycles. The van der Waals surface area contributed by atoms with Crippen molar-refractivity contribution in [2.75, 3.05) is 31.1 Å². The molecule has 1 unspecified atom stereocenters. The molecular weight excluding hydrogens is 561 g/mol. The van der Waals surface area contributed by atoms with Gasteiger partial charge in [0.05, 0.1) is 35.7 Å². The van der Waals surface area contributed by atoms with Crippen LogP contribution in [-0.2, 0) is 14.8 Å². The Morgan fingerprint density at radius 1 is 1.30 bits per heavy atom. The molecule has 5 N–H and O–H groups in total. The summed E-state index contributed by atoms with van der Waals surface area (Å²) in [4.78, 5) is 5.94. The molecule has 40 heavy (non-hydrogen) atoms. The van der Waals surface area contributed by atoms with Crippen molar-refractivity contribution in [2.45, 2.75) is 36.6 Å². The third kappa shape index (κ3) is 4.98. The van der Waals surface area contributed by atoms with Crippen molar-refractivity contribution in [3.8, 4) is 0 Å². The fourth-order valence-electron chi connectivity index (χ4n) is 5.38. The standard InChI is InChI=1S/C26H29ClFN7O4S/c1-2-39-16-10-17(24-18-12-30-31-26(18)32-35(24)13-16)15-6-7-23(29-11-15)34-9-8-21(22(36)14-34)33-40(37,38)25-19(27)4-3-5-20(25)28/h3-7,10-11,13,21-22,26,30-33,36H,2,8-9,12,14H2,1H3/t21-,22-,26?/m0/s1. The van der Waals surface area contributed by atoms with Gasteiger partial charge in [0.15, 0.2) is 0 Å². The minimum absolute atomic E-state index is 0.0162. The monoisotopic (exact) mass is 589 g/mol. The van der Waals surface area contributed by atoms with Crippen molar-refractivity contribution >= 4 is 33.0 Å². The SMILES string of the molecule is CCOC1=CN2NC3NNCC3=C2C(c2ccc(N3CC[C@H](NS(=O)(=O)c4c(F)cccc4Cl)[C@@H](O)C3)nc2)=C1. The number of nitrogens with zero attached hydrogens (tertiary/aromatic N) is 3. The zero-order valence-corrected chi connectivity index (χ0v) is 23.1. The second-order valence-corrected chi connectivity index (χ2v) is 11.9. The number of aromatic nitrogens is 1. The number of hydrazine groups is 2. The summed E-state index contributed by atoms with van der Waals surface area (Å²) in [7, 11) is -4.27. The number of rotatable bonds is 7. The zero-order chi connectivity index (χ0) is 28.0. The first-order valence-corrected chi connectivity index (χ1v) is 14.8. The summed E-state index contributed by atoms with van der Waals surface area (Å²) in [6.45, 7) is 3.76. The molecular formula is C26H29ClFN7O4S. The van der Waals surface area contributed by atoms with Crippen LogP contribution in [0.4, 0.5) is 10.2 Å². The predicted octanol–water partition coefficient (Wildman–Crippen LogP) is 1.58. The number of aliphatic hydroxyl groups is 1. The number of allylic oxidation sites excluding steroid dienone is 2. The lowest BCUT2D eigenvalue weighted by atomic mass is 9.97. The van der Waals surface area contributed by atoms with E-state index in [0.29, 0.717) is 31.9 Å². The van der Waals surface area contributed by atoms with Gasteiger partial charge in [-0.05, 0) is 43.7 Å². The summed E-state index contributed by atoms with van der Waals surface area (Å²) in [5.41, 5.74) is 13.9. The van der Waals surface area contributed by atoms with E-state index in [2.05, 4.69) is 26.0 Å². The van der Waals surface area contributed by atoms with Gasteiger partial charge < -0.3 is 14.7 Å². The number of ether oxygens (including phenoxy) is 1. The first-order chi connectivity index (χ1) is 19.2. The first kappa shape index (κ1) is 27.1. The van der Waals surface area contributed by atoms with Crippen molar-refractivity contribution in [3.05, 3.63) is 82.2 Å². The normalized spacial score (nSPS) is 24.6. The molecule has 212 valence electrons. The molecule has 0 spiro atoms. The second kappa shape index (κ2) is 10.7. The van der Waals surface area contributed by atoms with Crippen LogP contribution in [0.1, 0.15) is 18.9 Å². The van der Waals surface area contributed by atoms with E-state index in [1.54, 1.807) is 6.20 Å². The Bertz CT molecular complexity index is 1500. The third-order valence-electron chi connectivity index (χ3n) is 7.25. The Morgan fingerprint density at radius 2 is 2.15 bits per heavy atom. The lowest BCUT2D eigenvalue weighted by Gasteiger charge is -2.36. The van der Waals surface area contributed by atoms with E-state index in [0.717, 1.165) is 28.7 Å². The molecule has 4 aliphatic rings. The Hall–Kier alpha value is -3.04. The molecule has 0 amide bonds. The van der Waals surface area contributed by atoms with Crippen molar-refractivity contribution in [1.82, 2.24) is 31.0 Å². The van der Waals surface area contributed by atoms with Gasteiger partial charge in [0.2, 0.25) is 10.0 Å². The zero-order valence-electron chi connectivity index (χ0n) is 21.6. The molecule has 0 radical (unpaired) electrons. The van der Waals surface area contributed by atoms with Gasteiger partial charge in [-0.3, -0.25) is 10.4 Å². The highest BCUT2D eigenvalue weighted by atomic mass is 35.5. The maximum absolute atomic E-state index is 14.2. The van der Waals surface area contributed by atoms with Crippen LogP contribution in [0.2, 0.25) is 5.02 Å². The quantitative estimate of drug-likeness (QED) is 0.324. The van der Waals surface area contributed by atoms with Crippen molar-refractivity contribution in [3.63, 3.8) is 0 Å². The van der Waals surface area contributed by atoms with Gasteiger partial charge in [0.1, 0.15) is 28.5 Å². The van der Waals surface area contributed by atoms with Gasteiger partial charge in [-0.15, -0.1) is 0 Å². The molecule has 3 atom stereocenters. The van der Waals surface area contributed by atoms with Crippen LogP contribution >= 0.6 is 11.6 Å². The van der Waals surface area contributed by atoms with Crippen LogP contribution in [0.5, 0.6) is 0 Å². The topological polar surface area (TPSA) is 131 Å². The molecule has 2 fully saturated rings. The van der Waals surface area contributed by atoms with Crippen LogP contribution in [0, 0.1) is 5.82 Å². The number of fused-ring (bicyclic) bond motifs is 2. The molecule has 0 saturated carbocycles. The smallest absolute Gasteiger partial charge is 0.245 e. The van der Waals surface area contributed by atoms with Crippen LogP contribution in [0.15, 0.2) is 70.7 Å². The average Bonchev–Trinajstić information content (AvgIpc) is 3.51. The van der Waals surface area contributed by atoms with Crippen molar-refractivity contribution < 1.29 is 22.7 Å². The third-order valence-corrected chi connectivity index (χ3v) is 9.25. The summed E-state index contributed by atoms with van der Waals surface area (Å²) in [5, 5.41) is 12.5. The fraction of sp³-hybridized carbons (Fsp3) is 0.346. The van der Waals surface area contributed by atoms with Crippen molar-refractivity contribution in [2.24, 2.45) is 0 Å². The molecule has 1 aromatic heterocycles. The predicted molar refractivity (Wildman–Crippen MR) is 147 cm³/mol. The van der Waals surface area contributed by atoms with Crippen LogP contribution in [-0.4, -0.2) is 68.1 Å². The highest BCUT2D eigenvalue weighted by Crippen LogP contribution is 2.38. The number of piperidine rings is 1. The maximum Gasteiger partial charge on any atom is 0.245 e. The number of hydrogen-bond acceptors (Lipinski definition) is 10. The molecule has 11 nitrogen and oxygen atoms in total. The van der Waals surface area contributed by atoms with Gasteiger partial charge in [-0.1, -0.05) is 17.7 Å². The number of pyridine rings is 1. The van der Waals surface area contributed by atoms with Crippen LogP contribution in [0.3, 0.4) is 0 Å². The summed E-state index contributed by atoms with van der Waals surface area (Å²) in [5.74, 6) is 0.437. The lowest BCUT2D eigenvalue weighted by molar-refractivity contribution is 0.124. The van der Waals surface area contributed by atoms with E-state index in [-0.39, 0.29) is 17.7 Å². The van der Waals surface area contributed by atoms with E-state index >= 15 is 0 Å². The Morgan fingerprint density at radius 3 is 2.88 bits per heavy atom. The summed E-state index contributed by atoms with van der Waals surface area (Å²) in [6.07, 6.45) is 4.95. The number of halogens is 2. The maximum atomic E-state index is 14.2. The summed E-state index contributed by atoms with van der Waals surface area (Å²) < 4.78 is 48.1. The number of nitrogens with one attached hydrogen (secondary N) is 4. The molecule has 6 rings (SSSR count). The number of aliphatic hydroxyl groups excluding tert-OH is 1. The fourth-order valence-corrected chi connectivity index (χ4v) is 7.29. The number of anilines is 1. The molecule has 0 bridgehead atoms. The van der Waals surface area contributed by atoms with Gasteiger partial charge in [0.25, 0.3) is 0 Å². The van der Waals surface area contributed by atoms with E-state index in [9.17, 15) is 17.9 Å². The van der Waals surface area contributed by atoms with Gasteiger partial charge in [-0.25, -0.2) is 33.4 Å². The van der Waals surface area contributed by atoms with Crippen LogP contribution < -0.4 is 25.9 Å². The Kier molecular flexibility index (Phi) is 7.29. The number of β-amino-alcohol motifs (C(OH)–C–C–N with tert-alkyl or cyclic N) is 1. The van der Waals surface area contributed by atoms with Crippen molar-refractivity contribution in [1.29, 1.82) is 0 Å². The molecule has 1 aromatic carbocycles. The number of hydrogen-bond donors (Lipinski definition) is 5. The molecule has 14 heteroatoms. The Labute approximate surface area is 236 Å². The lowest BCUT2D eigenvalue weighted by Crippen LogP contribution is -2.54. The largest absolute Gasteiger partial charge is 0.492 e. The van der Waals surface area contributed by atoms with E-state index in [4.69, 9.17) is 16.3 Å². The van der Waals surface area contributed by atoms with Gasteiger partial charge in [0, 0.05) is 42.5 Å². The minimum atomic E-state index is -4.27. The molecule has 2 aromatic rings. The summed E-state index contributed by atoms with van der Waals surface area (Å²) >= 11 is 5.95. The van der Waals surface area contributed by atoms with E-state index in [1.807, 2.05) is 41.2 Å². The van der Waals surface area contributed by atoms with E-state index in [1.165, 1.54) is 17.7 Å². The first-order valence-electron chi connectivity index (χ1n) is 12.9. The second-order valence-electron chi connectivity index (χ2n) is 9.81. The molecule has 2 saturated heterocycles. The number of benzene rings is 1. The Balaban J connectivity index is 1.17. The van der Waals surface area contributed by atoms with Crippen LogP contribution in [0.25, 0.3) is 5.57 Å². The molecule has 0 aliphatic carbocycles. The van der Waals surface area contributed by atoms with E-state index < -0.39 is 32.9 Å². The summed E-state index contributed by atoms with van der Waals surface area (Å²) in [6, 6.07) is 6.72.